The summed E-state index contributed by atoms with van der Waals surface area (Å²) in [5.41, 5.74) is 2.18. The first kappa shape index (κ1) is 13.4. The number of aliphatic carboxylic acids is 1. The lowest BCUT2D eigenvalue weighted by Gasteiger charge is -2.11. The van der Waals surface area contributed by atoms with E-state index >= 15 is 0 Å². The first-order chi connectivity index (χ1) is 9.10. The van der Waals surface area contributed by atoms with Crippen LogP contribution in [0, 0.1) is 0 Å². The molecule has 1 aliphatic heterocycles. The Morgan fingerprint density at radius 1 is 1.42 bits per heavy atom. The van der Waals surface area contributed by atoms with Crippen molar-refractivity contribution < 1.29 is 19.4 Å². The number of hydrogen-bond acceptors (Lipinski definition) is 3. The second kappa shape index (κ2) is 5.73. The summed E-state index contributed by atoms with van der Waals surface area (Å²) in [6.07, 6.45) is 0.171. The zero-order valence-electron chi connectivity index (χ0n) is 10.8. The van der Waals surface area contributed by atoms with Crippen molar-refractivity contribution in [1.29, 1.82) is 0 Å². The summed E-state index contributed by atoms with van der Waals surface area (Å²) >= 11 is 0. The average Bonchev–Trinajstić information content (AvgIpc) is 2.78. The third kappa shape index (κ3) is 3.24. The third-order valence-corrected chi connectivity index (χ3v) is 3.24. The number of ether oxygens (including phenoxy) is 1. The number of benzene rings is 1. The van der Waals surface area contributed by atoms with Crippen LogP contribution in [0.4, 0.5) is 4.79 Å². The first-order valence-electron chi connectivity index (χ1n) is 6.36. The quantitative estimate of drug-likeness (QED) is 0.884. The van der Waals surface area contributed by atoms with Gasteiger partial charge >= 0.3 is 12.1 Å². The third-order valence-electron chi connectivity index (χ3n) is 3.24. The average molecular weight is 263 g/mol. The van der Waals surface area contributed by atoms with E-state index in [1.54, 1.807) is 0 Å². The second-order valence-electron chi connectivity index (χ2n) is 4.56. The highest BCUT2D eigenvalue weighted by molar-refractivity contribution is 5.72. The standard InChI is InChI=1S/C14H17NO4/c1-2-10-3-5-11(6-4-10)12-9-15(14(18)19-12)8-7-13(16)17/h3-6,12H,2,7-9H2,1H3,(H,16,17). The Bertz CT molecular complexity index is 469. The number of nitrogens with zero attached hydrogens (tertiary/aromatic N) is 1. The fraction of sp³-hybridized carbons (Fsp3) is 0.429. The molecule has 0 aliphatic carbocycles. The van der Waals surface area contributed by atoms with Gasteiger partial charge in [0, 0.05) is 6.54 Å². The van der Waals surface area contributed by atoms with E-state index < -0.39 is 12.1 Å². The fourth-order valence-electron chi connectivity index (χ4n) is 2.06. The molecule has 1 unspecified atom stereocenters. The molecule has 1 fully saturated rings. The zero-order valence-corrected chi connectivity index (χ0v) is 10.8. The predicted molar refractivity (Wildman–Crippen MR) is 68.9 cm³/mol. The smallest absolute Gasteiger partial charge is 0.410 e. The maximum atomic E-state index is 11.6. The monoisotopic (exact) mass is 263 g/mol. The van der Waals surface area contributed by atoms with Crippen LogP contribution >= 0.6 is 0 Å². The maximum absolute atomic E-state index is 11.6. The van der Waals surface area contributed by atoms with Crippen LogP contribution < -0.4 is 0 Å². The van der Waals surface area contributed by atoms with E-state index in [2.05, 4.69) is 6.92 Å². The maximum Gasteiger partial charge on any atom is 0.410 e. The molecule has 1 N–H and O–H groups in total. The Morgan fingerprint density at radius 2 is 2.11 bits per heavy atom. The molecule has 0 bridgehead atoms. The number of aryl methyl sites for hydroxylation is 1. The number of carbonyl (C=O) groups excluding carboxylic acids is 1. The highest BCUT2D eigenvalue weighted by Crippen LogP contribution is 2.26. The van der Waals surface area contributed by atoms with E-state index in [1.165, 1.54) is 10.5 Å². The van der Waals surface area contributed by atoms with Crippen molar-refractivity contribution in [3.63, 3.8) is 0 Å². The Kier molecular flexibility index (Phi) is 4.04. The molecule has 1 heterocycles. The topological polar surface area (TPSA) is 66.8 Å². The van der Waals surface area contributed by atoms with Crippen molar-refractivity contribution >= 4 is 12.1 Å². The Morgan fingerprint density at radius 3 is 2.68 bits per heavy atom. The van der Waals surface area contributed by atoms with Gasteiger partial charge in [-0.15, -0.1) is 0 Å². The lowest BCUT2D eigenvalue weighted by atomic mass is 10.1. The number of carbonyl (C=O) groups is 2. The van der Waals surface area contributed by atoms with Crippen molar-refractivity contribution in [1.82, 2.24) is 4.90 Å². The number of carboxylic acid groups (broad SMARTS) is 1. The summed E-state index contributed by atoms with van der Waals surface area (Å²) in [7, 11) is 0. The second-order valence-corrected chi connectivity index (χ2v) is 4.56. The van der Waals surface area contributed by atoms with Crippen molar-refractivity contribution in [3.05, 3.63) is 35.4 Å². The van der Waals surface area contributed by atoms with Gasteiger partial charge in [0.15, 0.2) is 0 Å². The summed E-state index contributed by atoms with van der Waals surface area (Å²) in [6, 6.07) is 7.95. The highest BCUT2D eigenvalue weighted by atomic mass is 16.6. The predicted octanol–water partition coefficient (Wildman–Crippen LogP) is 2.22. The Labute approximate surface area is 111 Å². The van der Waals surface area contributed by atoms with Crippen LogP contribution in [0.15, 0.2) is 24.3 Å². The van der Waals surface area contributed by atoms with Crippen LogP contribution in [0.1, 0.15) is 30.6 Å². The highest BCUT2D eigenvalue weighted by Gasteiger charge is 2.32. The summed E-state index contributed by atoms with van der Waals surface area (Å²) in [5, 5.41) is 8.62. The molecule has 1 aromatic rings. The van der Waals surface area contributed by atoms with E-state index in [0.717, 1.165) is 12.0 Å². The molecule has 102 valence electrons. The molecular weight excluding hydrogens is 246 g/mol. The molecule has 0 saturated carbocycles. The minimum Gasteiger partial charge on any atom is -0.481 e. The van der Waals surface area contributed by atoms with Gasteiger partial charge in [-0.25, -0.2) is 4.79 Å². The molecule has 2 rings (SSSR count). The molecule has 5 heteroatoms. The number of hydrogen-bond donors (Lipinski definition) is 1. The minimum atomic E-state index is -0.913. The molecule has 0 radical (unpaired) electrons. The minimum absolute atomic E-state index is 0.0589. The number of cyclic esters (lactones) is 1. The van der Waals surface area contributed by atoms with Gasteiger partial charge in [0.05, 0.1) is 13.0 Å². The number of amides is 1. The van der Waals surface area contributed by atoms with Crippen molar-refractivity contribution in [3.8, 4) is 0 Å². The van der Waals surface area contributed by atoms with Gasteiger partial charge in [-0.1, -0.05) is 31.2 Å². The van der Waals surface area contributed by atoms with Gasteiger partial charge in [0.1, 0.15) is 6.10 Å². The van der Waals surface area contributed by atoms with Gasteiger partial charge < -0.3 is 14.7 Å². The van der Waals surface area contributed by atoms with Crippen LogP contribution in [0.2, 0.25) is 0 Å². The largest absolute Gasteiger partial charge is 0.481 e. The molecule has 1 atom stereocenters. The van der Waals surface area contributed by atoms with Gasteiger partial charge in [-0.2, -0.15) is 0 Å². The molecule has 1 saturated heterocycles. The molecular formula is C14H17NO4. The SMILES string of the molecule is CCc1ccc(C2CN(CCC(=O)O)C(=O)O2)cc1. The van der Waals surface area contributed by atoms with Gasteiger partial charge in [0.25, 0.3) is 0 Å². The van der Waals surface area contributed by atoms with Gasteiger partial charge in [-0.05, 0) is 17.5 Å². The first-order valence-corrected chi connectivity index (χ1v) is 6.36. The summed E-state index contributed by atoms with van der Waals surface area (Å²) < 4.78 is 5.26. The summed E-state index contributed by atoms with van der Waals surface area (Å²) in [6.45, 7) is 2.69. The summed E-state index contributed by atoms with van der Waals surface area (Å²) in [5.74, 6) is -0.913. The van der Waals surface area contributed by atoms with Crippen LogP contribution in [0.5, 0.6) is 0 Å². The summed E-state index contributed by atoms with van der Waals surface area (Å²) in [4.78, 5) is 23.5. The molecule has 1 aromatic carbocycles. The number of carboxylic acids is 1. The van der Waals surface area contributed by atoms with Crippen molar-refractivity contribution in [2.24, 2.45) is 0 Å². The molecule has 0 aromatic heterocycles. The molecule has 19 heavy (non-hydrogen) atoms. The molecule has 1 aliphatic rings. The van der Waals surface area contributed by atoms with Crippen molar-refractivity contribution in [2.45, 2.75) is 25.9 Å². The van der Waals surface area contributed by atoms with Gasteiger partial charge in [-0.3, -0.25) is 4.79 Å². The fourth-order valence-corrected chi connectivity index (χ4v) is 2.06. The number of rotatable bonds is 5. The van der Waals surface area contributed by atoms with Crippen LogP contribution in [0.3, 0.4) is 0 Å². The van der Waals surface area contributed by atoms with Gasteiger partial charge in [0.2, 0.25) is 0 Å². The lowest BCUT2D eigenvalue weighted by molar-refractivity contribution is -0.137. The van der Waals surface area contributed by atoms with E-state index in [1.807, 2.05) is 24.3 Å². The van der Waals surface area contributed by atoms with Crippen LogP contribution in [0.25, 0.3) is 0 Å². The van der Waals surface area contributed by atoms with E-state index in [-0.39, 0.29) is 19.1 Å². The van der Waals surface area contributed by atoms with E-state index in [4.69, 9.17) is 9.84 Å². The zero-order chi connectivity index (χ0) is 13.8. The Hall–Kier alpha value is -2.04. The lowest BCUT2D eigenvalue weighted by Crippen LogP contribution is -2.27. The van der Waals surface area contributed by atoms with Crippen molar-refractivity contribution in [2.75, 3.05) is 13.1 Å². The molecule has 5 nitrogen and oxygen atoms in total. The molecule has 1 amide bonds. The van der Waals surface area contributed by atoms with Crippen LogP contribution in [-0.2, 0) is 16.0 Å². The normalized spacial score (nSPS) is 18.5. The molecule has 0 spiro atoms. The van der Waals surface area contributed by atoms with E-state index in [9.17, 15) is 9.59 Å². The van der Waals surface area contributed by atoms with E-state index in [0.29, 0.717) is 6.54 Å². The van der Waals surface area contributed by atoms with Crippen LogP contribution in [-0.4, -0.2) is 35.2 Å². The Balaban J connectivity index is 1.99.